The van der Waals surface area contributed by atoms with Crippen LogP contribution in [-0.4, -0.2) is 76.4 Å². The Morgan fingerprint density at radius 3 is 2.17 bits per heavy atom. The van der Waals surface area contributed by atoms with E-state index in [-0.39, 0.29) is 0 Å². The van der Waals surface area contributed by atoms with Crippen molar-refractivity contribution in [3.63, 3.8) is 0 Å². The highest BCUT2D eigenvalue weighted by atomic mass is 32.2. The number of aliphatic carboxylic acids is 2. The number of fused-ring (bicyclic) bond motifs is 1. The molecule has 224 valence electrons. The zero-order valence-corrected chi connectivity index (χ0v) is 24.6. The highest BCUT2D eigenvalue weighted by Crippen LogP contribution is 2.32. The van der Waals surface area contributed by atoms with E-state index in [4.69, 9.17) is 34.0 Å². The summed E-state index contributed by atoms with van der Waals surface area (Å²) in [5.74, 6) is -1.50. The van der Waals surface area contributed by atoms with Crippen LogP contribution in [0.4, 0.5) is 0 Å². The van der Waals surface area contributed by atoms with Crippen molar-refractivity contribution < 1.29 is 42.4 Å². The number of likely N-dealkylation sites (N-methyl/N-ethyl adjacent to an activating group) is 1. The summed E-state index contributed by atoms with van der Waals surface area (Å²) in [5, 5.41) is 14.8. The minimum Gasteiger partial charge on any atom is -0.494 e. The van der Waals surface area contributed by atoms with Gasteiger partial charge in [0.15, 0.2) is 11.5 Å². The molecular formula is C31H35NO9S. The van der Waals surface area contributed by atoms with Gasteiger partial charge in [0.1, 0.15) is 5.75 Å². The molecule has 0 spiro atoms. The summed E-state index contributed by atoms with van der Waals surface area (Å²) in [6, 6.07) is 20.5. The summed E-state index contributed by atoms with van der Waals surface area (Å²) in [5.41, 5.74) is 3.22. The Morgan fingerprint density at radius 2 is 1.55 bits per heavy atom. The van der Waals surface area contributed by atoms with Gasteiger partial charge in [0.2, 0.25) is 9.84 Å². The molecule has 0 fully saturated rings. The Labute approximate surface area is 245 Å². The molecule has 0 atom stereocenters. The maximum absolute atomic E-state index is 13.1. The lowest BCUT2D eigenvalue weighted by Gasteiger charge is -2.17. The Morgan fingerprint density at radius 1 is 0.881 bits per heavy atom. The molecule has 0 aliphatic heterocycles. The number of allylic oxidation sites excluding steroid dienone is 1. The van der Waals surface area contributed by atoms with Crippen LogP contribution in [0.25, 0.3) is 6.08 Å². The Bertz CT molecular complexity index is 1500. The topological polar surface area (TPSA) is 140 Å². The second-order valence-corrected chi connectivity index (χ2v) is 11.5. The van der Waals surface area contributed by atoms with Gasteiger partial charge in [0.05, 0.1) is 30.6 Å². The van der Waals surface area contributed by atoms with Crippen molar-refractivity contribution in [1.82, 2.24) is 4.90 Å². The van der Waals surface area contributed by atoms with Crippen molar-refractivity contribution in [2.45, 2.75) is 24.2 Å². The number of ether oxygens (including phenoxy) is 3. The smallest absolute Gasteiger partial charge is 0.414 e. The molecule has 0 heterocycles. The van der Waals surface area contributed by atoms with E-state index in [1.165, 1.54) is 5.56 Å². The third-order valence-electron chi connectivity index (χ3n) is 6.58. The van der Waals surface area contributed by atoms with Gasteiger partial charge in [0.25, 0.3) is 0 Å². The maximum Gasteiger partial charge on any atom is 0.414 e. The number of carboxylic acids is 2. The van der Waals surface area contributed by atoms with Gasteiger partial charge in [-0.2, -0.15) is 0 Å². The van der Waals surface area contributed by atoms with Crippen molar-refractivity contribution in [3.8, 4) is 17.2 Å². The molecule has 0 radical (unpaired) electrons. The van der Waals surface area contributed by atoms with Gasteiger partial charge in [0, 0.05) is 19.5 Å². The highest BCUT2D eigenvalue weighted by molar-refractivity contribution is 7.95. The van der Waals surface area contributed by atoms with Crippen LogP contribution >= 0.6 is 0 Å². The molecule has 3 aromatic rings. The van der Waals surface area contributed by atoms with Crippen molar-refractivity contribution in [1.29, 1.82) is 0 Å². The van der Waals surface area contributed by atoms with E-state index in [9.17, 15) is 8.42 Å². The molecular weight excluding hydrogens is 562 g/mol. The molecule has 1 aliphatic carbocycles. The number of methoxy groups -OCH3 is 2. The Balaban J connectivity index is 0.000000730. The first-order valence-corrected chi connectivity index (χ1v) is 14.7. The van der Waals surface area contributed by atoms with Gasteiger partial charge < -0.3 is 29.3 Å². The molecule has 3 aromatic carbocycles. The van der Waals surface area contributed by atoms with E-state index >= 15 is 0 Å². The van der Waals surface area contributed by atoms with Crippen LogP contribution < -0.4 is 14.2 Å². The zero-order chi connectivity index (χ0) is 30.7. The molecule has 0 aromatic heterocycles. The average Bonchev–Trinajstić information content (AvgIpc) is 3.44. The van der Waals surface area contributed by atoms with E-state index in [2.05, 4.69) is 18.0 Å². The molecule has 10 nitrogen and oxygen atoms in total. The molecule has 42 heavy (non-hydrogen) atoms. The maximum atomic E-state index is 13.1. The van der Waals surface area contributed by atoms with Crippen molar-refractivity contribution in [2.24, 2.45) is 0 Å². The molecule has 0 saturated carbocycles. The average molecular weight is 598 g/mol. The first-order chi connectivity index (χ1) is 20.0. The fourth-order valence-electron chi connectivity index (χ4n) is 4.28. The molecule has 11 heteroatoms. The third kappa shape index (κ3) is 8.82. The number of benzene rings is 3. The van der Waals surface area contributed by atoms with E-state index < -0.39 is 21.8 Å². The summed E-state index contributed by atoms with van der Waals surface area (Å²) >= 11 is 0. The lowest BCUT2D eigenvalue weighted by Crippen LogP contribution is -2.23. The molecule has 2 N–H and O–H groups in total. The normalized spacial score (nSPS) is 12.0. The molecule has 4 rings (SSSR count). The summed E-state index contributed by atoms with van der Waals surface area (Å²) < 4.78 is 42.6. The van der Waals surface area contributed by atoms with Gasteiger partial charge >= 0.3 is 11.9 Å². The summed E-state index contributed by atoms with van der Waals surface area (Å²) in [6.45, 7) is 2.38. The number of carbonyl (C=O) groups is 2. The van der Waals surface area contributed by atoms with Gasteiger partial charge in [-0.3, -0.25) is 0 Å². The van der Waals surface area contributed by atoms with Crippen molar-refractivity contribution in [2.75, 3.05) is 41.0 Å². The summed E-state index contributed by atoms with van der Waals surface area (Å²) in [4.78, 5) is 21.2. The first kappa shape index (κ1) is 32.2. The minimum absolute atomic E-state index is 0.295. The quantitative estimate of drug-likeness (QED) is 0.231. The van der Waals surface area contributed by atoms with Crippen LogP contribution in [-0.2, 0) is 32.3 Å². The fourth-order valence-corrected chi connectivity index (χ4v) is 5.70. The number of nitrogens with zero attached hydrogens (tertiary/aromatic N) is 1. The summed E-state index contributed by atoms with van der Waals surface area (Å²) in [7, 11) is 1.86. The van der Waals surface area contributed by atoms with E-state index in [0.29, 0.717) is 28.6 Å². The number of sulfone groups is 1. The van der Waals surface area contributed by atoms with Gasteiger partial charge in [-0.15, -0.1) is 0 Å². The van der Waals surface area contributed by atoms with E-state index in [1.807, 2.05) is 36.4 Å². The van der Waals surface area contributed by atoms with Crippen LogP contribution in [0.15, 0.2) is 76.5 Å². The number of carboxylic acid groups (broad SMARTS) is 2. The molecule has 0 saturated heterocycles. The van der Waals surface area contributed by atoms with Crippen LogP contribution in [0, 0.1) is 0 Å². The largest absolute Gasteiger partial charge is 0.494 e. The standard InChI is InChI=1S/C29H33NO5S.C2H2O4/c1-30(17-15-22-9-14-28(33-2)29(19-22)34-3)16-6-18-35-25-10-12-26(13-11-25)36(31,32)27-20-23-7-4-5-8-24(23)21-27;3-1(4)2(5)6/h4-5,7-14,19-20H,6,15-18,21H2,1-3H3;(H,3,4)(H,5,6). The molecule has 0 bridgehead atoms. The SMILES string of the molecule is COc1ccc(CCN(C)CCCOc2ccc(S(=O)(=O)C3=Cc4ccccc4C3)cc2)cc1OC.O=C(O)C(=O)O. The highest BCUT2D eigenvalue weighted by Gasteiger charge is 2.25. The fraction of sp³-hybridized carbons (Fsp3) is 0.290. The van der Waals surface area contributed by atoms with E-state index in [0.717, 1.165) is 48.6 Å². The molecule has 1 aliphatic rings. The number of rotatable bonds is 12. The lowest BCUT2D eigenvalue weighted by atomic mass is 10.1. The number of hydrogen-bond acceptors (Lipinski definition) is 8. The van der Waals surface area contributed by atoms with E-state index in [1.54, 1.807) is 44.6 Å². The second kappa shape index (κ2) is 15.0. The molecule has 0 unspecified atom stereocenters. The minimum atomic E-state index is -3.51. The van der Waals surface area contributed by atoms with Gasteiger partial charge in [-0.1, -0.05) is 30.3 Å². The summed E-state index contributed by atoms with van der Waals surface area (Å²) in [6.07, 6.45) is 4.00. The van der Waals surface area contributed by atoms with Crippen LogP contribution in [0.2, 0.25) is 0 Å². The Kier molecular flexibility index (Phi) is 11.5. The second-order valence-electron chi connectivity index (χ2n) is 9.52. The molecule has 0 amide bonds. The van der Waals surface area contributed by atoms with Crippen molar-refractivity contribution >= 4 is 27.9 Å². The van der Waals surface area contributed by atoms with Crippen LogP contribution in [0.1, 0.15) is 23.1 Å². The number of hydrogen-bond donors (Lipinski definition) is 2. The predicted molar refractivity (Wildman–Crippen MR) is 158 cm³/mol. The van der Waals surface area contributed by atoms with Crippen molar-refractivity contribution in [3.05, 3.63) is 88.3 Å². The zero-order valence-electron chi connectivity index (χ0n) is 23.8. The monoisotopic (exact) mass is 597 g/mol. The van der Waals surface area contributed by atoms with Crippen LogP contribution in [0.5, 0.6) is 17.2 Å². The van der Waals surface area contributed by atoms with Crippen LogP contribution in [0.3, 0.4) is 0 Å². The first-order valence-electron chi connectivity index (χ1n) is 13.2. The van der Waals surface area contributed by atoms with Gasteiger partial charge in [-0.05, 0) is 79.1 Å². The van der Waals surface area contributed by atoms with Gasteiger partial charge in [-0.25, -0.2) is 18.0 Å². The lowest BCUT2D eigenvalue weighted by molar-refractivity contribution is -0.159. The third-order valence-corrected chi connectivity index (χ3v) is 8.43. The predicted octanol–water partition coefficient (Wildman–Crippen LogP) is 4.17. The Hall–Kier alpha value is -4.35.